The zero-order valence-electron chi connectivity index (χ0n) is 10.8. The van der Waals surface area contributed by atoms with Crippen molar-refractivity contribution in [3.63, 3.8) is 0 Å². The quantitative estimate of drug-likeness (QED) is 0.600. The number of aromatic nitrogens is 2. The summed E-state index contributed by atoms with van der Waals surface area (Å²) in [7, 11) is -3.07. The molecule has 0 amide bonds. The first-order chi connectivity index (χ1) is 8.90. The van der Waals surface area contributed by atoms with Crippen LogP contribution in [0.1, 0.15) is 0 Å². The molecule has 0 bridgehead atoms. The Morgan fingerprint density at radius 1 is 1.37 bits per heavy atom. The second kappa shape index (κ2) is 6.19. The number of hydrogen-bond acceptors (Lipinski definition) is 7. The Hall–Kier alpha value is -0.000000000000000111. The smallest absolute Gasteiger partial charge is 0.211 e. The van der Waals surface area contributed by atoms with Gasteiger partial charge >= 0.3 is 0 Å². The molecule has 0 atom stereocenters. The Bertz CT molecular complexity index is 586. The zero-order chi connectivity index (χ0) is 14.0. The molecule has 0 spiro atoms. The lowest BCUT2D eigenvalue weighted by atomic mass is 10.4. The number of hydrogen-bond donors (Lipinski definition) is 0. The monoisotopic (exact) mass is 340 g/mol. The molecule has 0 radical (unpaired) electrons. The van der Waals surface area contributed by atoms with Crippen LogP contribution in [0.2, 0.25) is 0 Å². The molecule has 1 saturated heterocycles. The minimum atomic E-state index is -3.07. The molecule has 108 valence electrons. The molecule has 2 rings (SSSR count). The van der Waals surface area contributed by atoms with E-state index in [0.717, 1.165) is 8.29 Å². The Morgan fingerprint density at radius 2 is 2.00 bits per heavy atom. The van der Waals surface area contributed by atoms with Gasteiger partial charge in [-0.15, -0.1) is 0 Å². The topological polar surface area (TPSA) is 58.4 Å². The highest BCUT2D eigenvalue weighted by molar-refractivity contribution is 8.00. The highest BCUT2D eigenvalue weighted by atomic mass is 32.2. The van der Waals surface area contributed by atoms with Gasteiger partial charge < -0.3 is 0 Å². The van der Waals surface area contributed by atoms with E-state index in [1.54, 1.807) is 11.8 Å². The molecule has 1 aromatic rings. The summed E-state index contributed by atoms with van der Waals surface area (Å²) in [4.78, 5) is 2.17. The lowest BCUT2D eigenvalue weighted by Gasteiger charge is -2.32. The molecule has 1 aromatic heterocycles. The number of sulfonamides is 1. The molecule has 10 heteroatoms. The maximum Gasteiger partial charge on any atom is 0.211 e. The van der Waals surface area contributed by atoms with Gasteiger partial charge in [0.25, 0.3) is 0 Å². The van der Waals surface area contributed by atoms with E-state index in [-0.39, 0.29) is 0 Å². The molecule has 1 aliphatic rings. The van der Waals surface area contributed by atoms with E-state index >= 15 is 0 Å². The van der Waals surface area contributed by atoms with Gasteiger partial charge in [-0.1, -0.05) is 23.1 Å². The lowest BCUT2D eigenvalue weighted by Crippen LogP contribution is -2.48. The lowest BCUT2D eigenvalue weighted by molar-refractivity contribution is 0.145. The van der Waals surface area contributed by atoms with Crippen molar-refractivity contribution in [2.75, 3.05) is 38.7 Å². The van der Waals surface area contributed by atoms with E-state index in [1.165, 1.54) is 21.9 Å². The van der Waals surface area contributed by atoms with Gasteiger partial charge in [-0.05, 0) is 18.5 Å². The number of piperazine rings is 1. The van der Waals surface area contributed by atoms with Gasteiger partial charge in [0.1, 0.15) is 0 Å². The van der Waals surface area contributed by atoms with Crippen LogP contribution >= 0.6 is 35.3 Å². The van der Waals surface area contributed by atoms with Gasteiger partial charge in [0, 0.05) is 26.2 Å². The van der Waals surface area contributed by atoms with E-state index in [0.29, 0.717) is 32.8 Å². The van der Waals surface area contributed by atoms with E-state index < -0.39 is 10.0 Å². The molecular formula is C9H16N4O2S4. The molecule has 2 heterocycles. The largest absolute Gasteiger partial charge is 0.282 e. The molecule has 1 fully saturated rings. The molecule has 19 heavy (non-hydrogen) atoms. The summed E-state index contributed by atoms with van der Waals surface area (Å²) in [5, 5.41) is 4.41. The van der Waals surface area contributed by atoms with E-state index in [4.69, 9.17) is 12.2 Å². The molecular weight excluding hydrogens is 324 g/mol. The second-order valence-electron chi connectivity index (χ2n) is 4.26. The van der Waals surface area contributed by atoms with Gasteiger partial charge in [0.05, 0.1) is 12.9 Å². The van der Waals surface area contributed by atoms with Gasteiger partial charge in [-0.3, -0.25) is 4.90 Å². The average molecular weight is 341 g/mol. The fourth-order valence-electron chi connectivity index (χ4n) is 1.85. The summed E-state index contributed by atoms with van der Waals surface area (Å²) in [6.07, 6.45) is 3.23. The van der Waals surface area contributed by atoms with Crippen LogP contribution in [0.15, 0.2) is 4.34 Å². The Morgan fingerprint density at radius 3 is 2.47 bits per heavy atom. The fourth-order valence-corrected chi connectivity index (χ4v) is 4.41. The third-order valence-electron chi connectivity index (χ3n) is 2.90. The van der Waals surface area contributed by atoms with Gasteiger partial charge in [-0.2, -0.15) is 9.40 Å². The van der Waals surface area contributed by atoms with Crippen LogP contribution in [0.3, 0.4) is 0 Å². The summed E-state index contributed by atoms with van der Waals surface area (Å²) in [5.41, 5.74) is 0. The van der Waals surface area contributed by atoms with Crippen LogP contribution in [-0.2, 0) is 16.7 Å². The van der Waals surface area contributed by atoms with Crippen molar-refractivity contribution < 1.29 is 8.42 Å². The highest BCUT2D eigenvalue weighted by Gasteiger charge is 2.23. The van der Waals surface area contributed by atoms with Crippen LogP contribution in [0, 0.1) is 3.95 Å². The van der Waals surface area contributed by atoms with Crippen molar-refractivity contribution in [1.29, 1.82) is 0 Å². The average Bonchev–Trinajstić information content (AvgIpc) is 2.70. The maximum atomic E-state index is 11.4. The molecule has 0 N–H and O–H groups in total. The van der Waals surface area contributed by atoms with Crippen molar-refractivity contribution in [3.8, 4) is 0 Å². The minimum absolute atomic E-state index is 0.533. The summed E-state index contributed by atoms with van der Waals surface area (Å²) in [5.74, 6) is 0. The number of nitrogens with zero attached hydrogens (tertiary/aromatic N) is 4. The van der Waals surface area contributed by atoms with Crippen LogP contribution < -0.4 is 0 Å². The molecule has 0 unspecified atom stereocenters. The van der Waals surface area contributed by atoms with Gasteiger partial charge in [0.15, 0.2) is 8.29 Å². The molecule has 1 aliphatic heterocycles. The van der Waals surface area contributed by atoms with Crippen LogP contribution in [0.4, 0.5) is 0 Å². The first kappa shape index (κ1) is 15.4. The molecule has 0 aromatic carbocycles. The third-order valence-corrected chi connectivity index (χ3v) is 6.48. The Kier molecular flexibility index (Phi) is 5.01. The van der Waals surface area contributed by atoms with Gasteiger partial charge in [0.2, 0.25) is 10.0 Å². The summed E-state index contributed by atoms with van der Waals surface area (Å²) in [6.45, 7) is 3.12. The maximum absolute atomic E-state index is 11.4. The Balaban J connectivity index is 1.96. The summed E-state index contributed by atoms with van der Waals surface area (Å²) in [6, 6.07) is 0. The van der Waals surface area contributed by atoms with E-state index in [2.05, 4.69) is 10.00 Å². The summed E-state index contributed by atoms with van der Waals surface area (Å²) < 4.78 is 27.9. The van der Waals surface area contributed by atoms with Crippen molar-refractivity contribution in [3.05, 3.63) is 3.95 Å². The minimum Gasteiger partial charge on any atom is -0.282 e. The van der Waals surface area contributed by atoms with Crippen molar-refractivity contribution in [2.24, 2.45) is 0 Å². The number of rotatable bonds is 4. The standard InChI is InChI=1S/C9H16N4O2S4/c1-17-8-10-13(9(16)18-8)7-11-3-5-12(6-4-11)19(2,14)15/h3-7H2,1-2H3. The predicted molar refractivity (Wildman–Crippen MR) is 80.7 cm³/mol. The second-order valence-corrected chi connectivity index (χ2v) is 8.92. The van der Waals surface area contributed by atoms with Crippen LogP contribution in [-0.4, -0.2) is 66.1 Å². The highest BCUT2D eigenvalue weighted by Crippen LogP contribution is 2.19. The first-order valence-electron chi connectivity index (χ1n) is 5.69. The van der Waals surface area contributed by atoms with E-state index in [1.807, 2.05) is 10.9 Å². The zero-order valence-corrected chi connectivity index (χ0v) is 14.0. The van der Waals surface area contributed by atoms with Crippen LogP contribution in [0.5, 0.6) is 0 Å². The van der Waals surface area contributed by atoms with Crippen molar-refractivity contribution in [2.45, 2.75) is 11.0 Å². The molecule has 0 aliphatic carbocycles. The Labute approximate surface area is 126 Å². The SMILES string of the molecule is CSc1nn(CN2CCN(S(C)(=O)=O)CC2)c(=S)s1. The third kappa shape index (κ3) is 3.99. The number of thioether (sulfide) groups is 1. The van der Waals surface area contributed by atoms with Crippen molar-refractivity contribution >= 4 is 45.3 Å². The predicted octanol–water partition coefficient (Wildman–Crippen LogP) is 0.931. The normalized spacial score (nSPS) is 18.8. The van der Waals surface area contributed by atoms with E-state index in [9.17, 15) is 8.42 Å². The van der Waals surface area contributed by atoms with Gasteiger partial charge in [-0.25, -0.2) is 13.1 Å². The molecule has 0 saturated carbocycles. The van der Waals surface area contributed by atoms with Crippen molar-refractivity contribution in [1.82, 2.24) is 19.0 Å². The molecule has 6 nitrogen and oxygen atoms in total. The van der Waals surface area contributed by atoms with Crippen LogP contribution in [0.25, 0.3) is 0 Å². The first-order valence-corrected chi connectivity index (χ1v) is 9.99. The fraction of sp³-hybridized carbons (Fsp3) is 0.778. The summed E-state index contributed by atoms with van der Waals surface area (Å²) >= 11 is 8.35.